The van der Waals surface area contributed by atoms with Crippen molar-refractivity contribution in [2.24, 2.45) is 0 Å². The van der Waals surface area contributed by atoms with Gasteiger partial charge in [0.25, 0.3) is 16.2 Å². The smallest absolute Gasteiger partial charge is 0.339 e. The molecule has 1 aliphatic rings. The van der Waals surface area contributed by atoms with Gasteiger partial charge in [-0.3, -0.25) is 14.7 Å². The zero-order valence-electron chi connectivity index (χ0n) is 8.75. The molecule has 104 valence electrons. The van der Waals surface area contributed by atoms with E-state index in [2.05, 4.69) is 0 Å². The van der Waals surface area contributed by atoms with E-state index in [9.17, 15) is 31.7 Å². The van der Waals surface area contributed by atoms with E-state index in [-0.39, 0.29) is 0 Å². The van der Waals surface area contributed by atoms with Crippen LogP contribution < -0.4 is 0 Å². The molecule has 0 aromatic rings. The van der Waals surface area contributed by atoms with Crippen LogP contribution in [0.2, 0.25) is 0 Å². The number of rotatable bonds is 3. The van der Waals surface area contributed by atoms with E-state index in [1.165, 1.54) is 0 Å². The summed E-state index contributed by atoms with van der Waals surface area (Å²) < 4.78 is 52.1. The van der Waals surface area contributed by atoms with Crippen molar-refractivity contribution >= 4 is 31.2 Å². The number of allylic oxidation sites excluding steroid dienone is 1. The fourth-order valence-electron chi connectivity index (χ4n) is 1.33. The molecule has 0 heterocycles. The Morgan fingerprint density at radius 3 is 2.21 bits per heavy atom. The molecule has 0 aromatic carbocycles. The lowest BCUT2D eigenvalue weighted by atomic mass is 9.99. The van der Waals surface area contributed by atoms with Crippen LogP contribution in [0.15, 0.2) is 22.6 Å². The summed E-state index contributed by atoms with van der Waals surface area (Å²) in [6.07, 6.45) is 0.667. The zero-order valence-corrected chi connectivity index (χ0v) is 10.4. The van der Waals surface area contributed by atoms with Gasteiger partial charge in [-0.1, -0.05) is 0 Å². The third-order valence-electron chi connectivity index (χ3n) is 2.09. The van der Waals surface area contributed by atoms with E-state index >= 15 is 0 Å². The lowest BCUT2D eigenvalue weighted by Gasteiger charge is -2.13. The van der Waals surface area contributed by atoms with Gasteiger partial charge in [0, 0.05) is 4.92 Å². The number of nitrogens with zero attached hydrogens (tertiary/aromatic N) is 1. The highest BCUT2D eigenvalue weighted by Crippen LogP contribution is 2.21. The van der Waals surface area contributed by atoms with Crippen LogP contribution in [-0.4, -0.2) is 48.3 Å². The Hall–Kier alpha value is -2.05. The van der Waals surface area contributed by atoms with Crippen molar-refractivity contribution in [3.05, 3.63) is 32.7 Å². The van der Waals surface area contributed by atoms with Crippen molar-refractivity contribution in [2.45, 2.75) is 6.04 Å². The Labute approximate surface area is 107 Å². The second-order valence-electron chi connectivity index (χ2n) is 3.25. The van der Waals surface area contributed by atoms with Crippen LogP contribution in [0.25, 0.3) is 0 Å². The molecule has 0 aromatic heterocycles. The molecule has 0 amide bonds. The molecule has 1 atom stereocenters. The summed E-state index contributed by atoms with van der Waals surface area (Å²) in [5, 5.41) is 19.5. The van der Waals surface area contributed by atoms with Gasteiger partial charge in [-0.15, -0.1) is 0 Å². The molecule has 1 unspecified atom stereocenters. The maximum Gasteiger partial charge on any atom is 0.339 e. The lowest BCUT2D eigenvalue weighted by molar-refractivity contribution is -0.491. The van der Waals surface area contributed by atoms with Crippen molar-refractivity contribution < 1.29 is 36.2 Å². The van der Waals surface area contributed by atoms with Crippen molar-refractivity contribution in [1.29, 1.82) is 0 Å². The molecular weight excluding hydrogens is 306 g/mol. The first kappa shape index (κ1) is 15.0. The number of aliphatic carboxylic acids is 1. The molecule has 0 radical (unpaired) electrons. The van der Waals surface area contributed by atoms with Gasteiger partial charge in [0.1, 0.15) is 5.57 Å². The first-order chi connectivity index (χ1) is 8.55. The Morgan fingerprint density at radius 1 is 1.37 bits per heavy atom. The highest BCUT2D eigenvalue weighted by Gasteiger charge is 2.40. The van der Waals surface area contributed by atoms with Crippen LogP contribution in [0.5, 0.6) is 0 Å². The minimum Gasteiger partial charge on any atom is -0.478 e. The van der Waals surface area contributed by atoms with Crippen LogP contribution in [-0.2, 0) is 25.2 Å². The average molecular weight is 311 g/mol. The summed E-state index contributed by atoms with van der Waals surface area (Å²) in [5.74, 6) is -1.88. The Balaban J connectivity index is 3.73. The minimum atomic E-state index is -4.90. The molecule has 2 N–H and O–H groups in total. The number of nitro groups is 1. The third-order valence-corrected chi connectivity index (χ3v) is 3.65. The Kier molecular flexibility index (Phi) is 3.88. The van der Waals surface area contributed by atoms with Crippen molar-refractivity contribution in [1.82, 2.24) is 0 Å². The molecule has 0 fully saturated rings. The number of hydrogen-bond acceptors (Lipinski definition) is 7. The van der Waals surface area contributed by atoms with E-state index in [1.807, 2.05) is 0 Å². The van der Waals surface area contributed by atoms with E-state index < -0.39 is 52.7 Å². The summed E-state index contributed by atoms with van der Waals surface area (Å²) in [7, 11) is -8.13. The number of carbonyl (C=O) groups is 1. The number of carboxylic acids is 1. The second-order valence-corrected chi connectivity index (χ2v) is 5.61. The predicted molar refractivity (Wildman–Crippen MR) is 60.1 cm³/mol. The van der Waals surface area contributed by atoms with Gasteiger partial charge in [0.2, 0.25) is 10.3 Å². The van der Waals surface area contributed by atoms with Gasteiger partial charge in [0.05, 0.1) is 4.91 Å². The first-order valence-corrected chi connectivity index (χ1v) is 6.81. The molecule has 12 heteroatoms. The van der Waals surface area contributed by atoms with E-state index in [1.54, 1.807) is 0 Å². The van der Waals surface area contributed by atoms with Crippen LogP contribution in [0.1, 0.15) is 0 Å². The van der Waals surface area contributed by atoms with Crippen LogP contribution in [0.3, 0.4) is 0 Å². The van der Waals surface area contributed by atoms with Gasteiger partial charge < -0.3 is 5.11 Å². The summed E-state index contributed by atoms with van der Waals surface area (Å²) in [5.41, 5.74) is -1.08. The van der Waals surface area contributed by atoms with Crippen LogP contribution in [0, 0.1) is 10.1 Å². The molecule has 0 saturated carbocycles. The van der Waals surface area contributed by atoms with Gasteiger partial charge >= 0.3 is 5.97 Å². The van der Waals surface area contributed by atoms with Crippen molar-refractivity contribution in [2.75, 3.05) is 0 Å². The lowest BCUT2D eigenvalue weighted by Crippen LogP contribution is -2.37. The quantitative estimate of drug-likeness (QED) is 0.272. The highest BCUT2D eigenvalue weighted by molar-refractivity contribution is 7.90. The van der Waals surface area contributed by atoms with Crippen molar-refractivity contribution in [3.63, 3.8) is 0 Å². The molecule has 1 aliphatic carbocycles. The Bertz CT molecular complexity index is 744. The van der Waals surface area contributed by atoms with Gasteiger partial charge in [0.15, 0.2) is 4.86 Å². The summed E-state index contributed by atoms with van der Waals surface area (Å²) in [6, 6.07) is -2.23. The number of hydrogen-bond donors (Lipinski definition) is 2. The molecular formula is C7H5NO9S2. The van der Waals surface area contributed by atoms with Gasteiger partial charge in [-0.25, -0.2) is 4.79 Å². The maximum absolute atomic E-state index is 10.9. The summed E-state index contributed by atoms with van der Waals surface area (Å²) in [4.78, 5) is 18.2. The topological polar surface area (TPSA) is 169 Å². The average Bonchev–Trinajstić information content (AvgIpc) is 2.25. The molecule has 0 saturated heterocycles. The predicted octanol–water partition coefficient (Wildman–Crippen LogP) is -1.52. The molecule has 0 spiro atoms. The SMILES string of the molecule is O=C(O)C1=CC(S(=O)(=O)O)=CC(=S(=O)=O)C1[N+](=O)[O-]. The van der Waals surface area contributed by atoms with Gasteiger partial charge in [-0.2, -0.15) is 16.8 Å². The highest BCUT2D eigenvalue weighted by atomic mass is 32.2. The minimum absolute atomic E-state index is 0.332. The fraction of sp³-hybridized carbons (Fsp3) is 0.143. The van der Waals surface area contributed by atoms with Crippen LogP contribution >= 0.6 is 0 Å². The van der Waals surface area contributed by atoms with Crippen LogP contribution in [0.4, 0.5) is 0 Å². The van der Waals surface area contributed by atoms with E-state index in [0.717, 1.165) is 0 Å². The van der Waals surface area contributed by atoms with Gasteiger partial charge in [-0.05, 0) is 12.2 Å². The monoisotopic (exact) mass is 311 g/mol. The summed E-state index contributed by atoms with van der Waals surface area (Å²) in [6.45, 7) is 0. The molecule has 1 rings (SSSR count). The van der Waals surface area contributed by atoms with E-state index in [4.69, 9.17) is 9.66 Å². The zero-order chi connectivity index (χ0) is 15.0. The number of carboxylic acid groups (broad SMARTS) is 1. The molecule has 19 heavy (non-hydrogen) atoms. The second kappa shape index (κ2) is 4.91. The summed E-state index contributed by atoms with van der Waals surface area (Å²) >= 11 is 0. The molecule has 0 aliphatic heterocycles. The molecule has 10 nitrogen and oxygen atoms in total. The van der Waals surface area contributed by atoms with Crippen molar-refractivity contribution in [3.8, 4) is 0 Å². The Morgan fingerprint density at radius 2 is 1.89 bits per heavy atom. The normalized spacial score (nSPS) is 19.4. The fourth-order valence-corrected chi connectivity index (χ4v) is 2.58. The largest absolute Gasteiger partial charge is 0.478 e. The standard InChI is InChI=1S/C7H5NO9S2/c9-7(10)4-1-3(19(15,16)17)2-5(18(13)14)6(4)8(11)12/h1-2,6H,(H,9,10)(H,15,16,17). The maximum atomic E-state index is 10.9. The third kappa shape index (κ3) is 3.04. The van der Waals surface area contributed by atoms with E-state index in [0.29, 0.717) is 12.2 Å². The molecule has 0 bridgehead atoms. The first-order valence-electron chi connectivity index (χ1n) is 4.29.